The molecule has 0 bridgehead atoms. The molecule has 6 aromatic carbocycles. The number of rotatable bonds is 6. The van der Waals surface area contributed by atoms with Crippen molar-refractivity contribution in [2.24, 2.45) is 0 Å². The molecule has 11 rings (SSSR count). The lowest BCUT2D eigenvalue weighted by Gasteiger charge is -2.12. The first-order valence-electron chi connectivity index (χ1n) is 18.6. The van der Waals surface area contributed by atoms with Gasteiger partial charge in [-0.1, -0.05) is 78.9 Å². The molecule has 0 aliphatic rings. The fourth-order valence-electron chi connectivity index (χ4n) is 7.99. The predicted molar refractivity (Wildman–Crippen MR) is 226 cm³/mol. The van der Waals surface area contributed by atoms with Crippen molar-refractivity contribution in [2.45, 2.75) is 0 Å². The zero-order chi connectivity index (χ0) is 37.0. The highest BCUT2D eigenvalue weighted by Crippen LogP contribution is 2.38. The van der Waals surface area contributed by atoms with Gasteiger partial charge in [-0.05, 0) is 96.1 Å². The first-order valence-corrected chi connectivity index (χ1v) is 18.6. The van der Waals surface area contributed by atoms with Crippen LogP contribution in [-0.2, 0) is 0 Å². The summed E-state index contributed by atoms with van der Waals surface area (Å²) in [5.41, 5.74) is 11.8. The van der Waals surface area contributed by atoms with Gasteiger partial charge in [0.25, 0.3) is 0 Å². The monoisotopic (exact) mass is 717 g/mol. The van der Waals surface area contributed by atoms with E-state index in [1.165, 1.54) is 43.7 Å². The summed E-state index contributed by atoms with van der Waals surface area (Å²) in [7, 11) is 0. The summed E-state index contributed by atoms with van der Waals surface area (Å²) >= 11 is 0. The fraction of sp³-hybridized carbons (Fsp3) is 0. The largest absolute Gasteiger partial charge is 0.309 e. The van der Waals surface area contributed by atoms with Crippen molar-refractivity contribution in [3.05, 3.63) is 189 Å². The molecule has 262 valence electrons. The van der Waals surface area contributed by atoms with Crippen molar-refractivity contribution >= 4 is 43.6 Å². The second-order valence-corrected chi connectivity index (χ2v) is 13.8. The molecule has 7 nitrogen and oxygen atoms in total. The Hall–Kier alpha value is -7.77. The Morgan fingerprint density at radius 1 is 0.286 bits per heavy atom. The van der Waals surface area contributed by atoms with Gasteiger partial charge in [0.15, 0.2) is 17.5 Å². The van der Waals surface area contributed by atoms with Gasteiger partial charge < -0.3 is 9.13 Å². The summed E-state index contributed by atoms with van der Waals surface area (Å²) < 4.78 is 4.69. The van der Waals surface area contributed by atoms with E-state index in [9.17, 15) is 0 Å². The Balaban J connectivity index is 1.05. The molecule has 7 heteroatoms. The Bertz CT molecular complexity index is 3180. The van der Waals surface area contributed by atoms with Gasteiger partial charge in [0.2, 0.25) is 0 Å². The number of nitrogens with zero attached hydrogens (tertiary/aromatic N) is 7. The third kappa shape index (κ3) is 5.25. The molecule has 56 heavy (non-hydrogen) atoms. The minimum absolute atomic E-state index is 0.585. The maximum Gasteiger partial charge on any atom is 0.164 e. The van der Waals surface area contributed by atoms with Gasteiger partial charge in [-0.25, -0.2) is 15.0 Å². The highest BCUT2D eigenvalue weighted by molar-refractivity contribution is 6.12. The number of benzene rings is 6. The van der Waals surface area contributed by atoms with Gasteiger partial charge in [0, 0.05) is 74.4 Å². The normalized spacial score (nSPS) is 11.6. The fourth-order valence-corrected chi connectivity index (χ4v) is 7.99. The van der Waals surface area contributed by atoms with Crippen LogP contribution in [0.5, 0.6) is 0 Å². The second-order valence-electron chi connectivity index (χ2n) is 13.8. The topological polar surface area (TPSA) is 74.3 Å². The van der Waals surface area contributed by atoms with Gasteiger partial charge in [-0.15, -0.1) is 0 Å². The molecule has 0 aliphatic heterocycles. The van der Waals surface area contributed by atoms with Crippen molar-refractivity contribution in [2.75, 3.05) is 0 Å². The van der Waals surface area contributed by atoms with Crippen LogP contribution >= 0.6 is 0 Å². The molecule has 0 unspecified atom stereocenters. The van der Waals surface area contributed by atoms with Gasteiger partial charge in [0.1, 0.15) is 0 Å². The predicted octanol–water partition coefficient (Wildman–Crippen LogP) is 11.5. The molecule has 0 amide bonds. The quantitative estimate of drug-likeness (QED) is 0.171. The first-order chi connectivity index (χ1) is 27.8. The van der Waals surface area contributed by atoms with E-state index >= 15 is 0 Å². The number of para-hydroxylation sites is 3. The molecule has 0 aliphatic carbocycles. The zero-order valence-electron chi connectivity index (χ0n) is 30.0. The third-order valence-corrected chi connectivity index (χ3v) is 10.6. The standard InChI is InChI=1S/C49H31N7/c1-2-10-37(11-3-1)55-43-15-6-4-13-39(43)41-30-34(17-19-45(41)55)35-18-20-46-42(31-35)40-14-5-7-16-44(40)56(46)38-12-8-9-36(29-38)49-53-47(32-21-25-50-26-22-32)52-48(54-49)33-23-27-51-28-24-33/h1-31H. The zero-order valence-corrected chi connectivity index (χ0v) is 30.0. The lowest BCUT2D eigenvalue weighted by atomic mass is 10.0. The van der Waals surface area contributed by atoms with E-state index in [1.54, 1.807) is 24.8 Å². The molecule has 0 spiro atoms. The third-order valence-electron chi connectivity index (χ3n) is 10.6. The molecular formula is C49H31N7. The smallest absolute Gasteiger partial charge is 0.164 e. The summed E-state index contributed by atoms with van der Waals surface area (Å²) in [4.78, 5) is 23.2. The van der Waals surface area contributed by atoms with E-state index in [2.05, 4.69) is 159 Å². The van der Waals surface area contributed by atoms with Crippen molar-refractivity contribution in [1.29, 1.82) is 0 Å². The van der Waals surface area contributed by atoms with Crippen LogP contribution in [-0.4, -0.2) is 34.1 Å². The van der Waals surface area contributed by atoms with Crippen LogP contribution in [0.4, 0.5) is 0 Å². The minimum atomic E-state index is 0.585. The lowest BCUT2D eigenvalue weighted by molar-refractivity contribution is 1.07. The van der Waals surface area contributed by atoms with Gasteiger partial charge in [-0.2, -0.15) is 0 Å². The Labute approximate surface area is 321 Å². The van der Waals surface area contributed by atoms with E-state index in [0.29, 0.717) is 17.5 Å². The summed E-state index contributed by atoms with van der Waals surface area (Å²) in [5.74, 6) is 1.76. The molecule has 11 aromatic rings. The van der Waals surface area contributed by atoms with Gasteiger partial charge in [0.05, 0.1) is 22.1 Å². The Morgan fingerprint density at radius 3 is 1.29 bits per heavy atom. The molecule has 5 heterocycles. The average molecular weight is 718 g/mol. The summed E-state index contributed by atoms with van der Waals surface area (Å²) in [5, 5.41) is 4.86. The van der Waals surface area contributed by atoms with Crippen LogP contribution in [0.15, 0.2) is 189 Å². The Kier molecular flexibility index (Phi) is 7.35. The first kappa shape index (κ1) is 31.7. The van der Waals surface area contributed by atoms with Crippen molar-refractivity contribution in [1.82, 2.24) is 34.1 Å². The summed E-state index contributed by atoms with van der Waals surface area (Å²) in [6.45, 7) is 0. The maximum atomic E-state index is 4.97. The molecule has 0 atom stereocenters. The van der Waals surface area contributed by atoms with Crippen molar-refractivity contribution in [3.8, 4) is 56.7 Å². The van der Waals surface area contributed by atoms with Crippen LogP contribution in [0.2, 0.25) is 0 Å². The van der Waals surface area contributed by atoms with E-state index in [1.807, 2.05) is 24.3 Å². The van der Waals surface area contributed by atoms with E-state index in [4.69, 9.17) is 15.0 Å². The number of hydrogen-bond acceptors (Lipinski definition) is 5. The second kappa shape index (κ2) is 13.0. The number of fused-ring (bicyclic) bond motifs is 6. The van der Waals surface area contributed by atoms with Crippen LogP contribution in [0, 0.1) is 0 Å². The van der Waals surface area contributed by atoms with Crippen LogP contribution in [0.25, 0.3) is 100 Å². The number of pyridine rings is 2. The van der Waals surface area contributed by atoms with Crippen LogP contribution < -0.4 is 0 Å². The van der Waals surface area contributed by atoms with Gasteiger partial charge >= 0.3 is 0 Å². The number of aromatic nitrogens is 7. The lowest BCUT2D eigenvalue weighted by Crippen LogP contribution is -2.01. The molecular weight excluding hydrogens is 687 g/mol. The van der Waals surface area contributed by atoms with Gasteiger partial charge in [-0.3, -0.25) is 9.97 Å². The van der Waals surface area contributed by atoms with Crippen molar-refractivity contribution in [3.63, 3.8) is 0 Å². The molecule has 0 saturated heterocycles. The molecule has 0 saturated carbocycles. The summed E-state index contributed by atoms with van der Waals surface area (Å²) in [6.07, 6.45) is 7.01. The minimum Gasteiger partial charge on any atom is -0.309 e. The average Bonchev–Trinajstić information content (AvgIpc) is 3.79. The Morgan fingerprint density at radius 2 is 0.732 bits per heavy atom. The highest BCUT2D eigenvalue weighted by atomic mass is 15.0. The number of hydrogen-bond donors (Lipinski definition) is 0. The van der Waals surface area contributed by atoms with Crippen LogP contribution in [0.1, 0.15) is 0 Å². The van der Waals surface area contributed by atoms with Crippen LogP contribution in [0.3, 0.4) is 0 Å². The van der Waals surface area contributed by atoms with E-state index < -0.39 is 0 Å². The molecule has 0 fully saturated rings. The SMILES string of the molecule is c1ccc(-n2c3ccccc3c3cc(-c4ccc5c(c4)c4ccccc4n5-c4cccc(-c5nc(-c6ccncc6)nc(-c6ccncc6)n5)c4)ccc32)cc1. The highest BCUT2D eigenvalue weighted by Gasteiger charge is 2.18. The molecule has 5 aromatic heterocycles. The maximum absolute atomic E-state index is 4.97. The summed E-state index contributed by atoms with van der Waals surface area (Å²) in [6, 6.07) is 57.7. The van der Waals surface area contributed by atoms with Crippen molar-refractivity contribution < 1.29 is 0 Å². The van der Waals surface area contributed by atoms with E-state index in [-0.39, 0.29) is 0 Å². The molecule has 0 N–H and O–H groups in total. The molecule has 0 radical (unpaired) electrons. The van der Waals surface area contributed by atoms with E-state index in [0.717, 1.165) is 39.1 Å².